The van der Waals surface area contributed by atoms with E-state index in [1.807, 2.05) is 56.1 Å². The van der Waals surface area contributed by atoms with Gasteiger partial charge in [0, 0.05) is 24.9 Å². The zero-order chi connectivity index (χ0) is 17.0. The fourth-order valence-electron chi connectivity index (χ4n) is 2.23. The molecule has 0 saturated carbocycles. The molecule has 0 aromatic heterocycles. The minimum atomic E-state index is -0.389. The molecule has 2 aromatic carbocycles. The van der Waals surface area contributed by atoms with Crippen molar-refractivity contribution in [3.63, 3.8) is 0 Å². The molecule has 0 radical (unpaired) electrons. The number of hydrogen-bond donors (Lipinski definition) is 1. The maximum absolute atomic E-state index is 10.9. The van der Waals surface area contributed by atoms with Crippen LogP contribution in [-0.2, 0) is 0 Å². The molecule has 0 heterocycles. The molecule has 1 N–H and O–H groups in total. The Morgan fingerprint density at radius 2 is 1.96 bits per heavy atom. The minimum Gasteiger partial charge on any atom is -0.345 e. The van der Waals surface area contributed by atoms with Crippen molar-refractivity contribution in [2.24, 2.45) is 0 Å². The monoisotopic (exact) mass is 329 g/mol. The van der Waals surface area contributed by atoms with E-state index in [-0.39, 0.29) is 16.7 Å². The first-order chi connectivity index (χ1) is 10.9. The van der Waals surface area contributed by atoms with E-state index < -0.39 is 0 Å². The van der Waals surface area contributed by atoms with Crippen molar-refractivity contribution in [2.45, 2.75) is 19.9 Å². The lowest BCUT2D eigenvalue weighted by atomic mass is 10.1. The fraction of sp³-hybridized carbons (Fsp3) is 0.235. The first-order valence-electron chi connectivity index (χ1n) is 7.23. The van der Waals surface area contributed by atoms with Gasteiger partial charge in [-0.05, 0) is 49.3 Å². The summed E-state index contributed by atoms with van der Waals surface area (Å²) in [5.74, 6) is 0. The van der Waals surface area contributed by atoms with Gasteiger partial charge in [0.15, 0.2) is 5.11 Å². The van der Waals surface area contributed by atoms with Gasteiger partial charge in [-0.2, -0.15) is 0 Å². The smallest absolute Gasteiger partial charge is 0.269 e. The minimum absolute atomic E-state index is 0.0836. The van der Waals surface area contributed by atoms with Gasteiger partial charge in [0.1, 0.15) is 0 Å². The van der Waals surface area contributed by atoms with Gasteiger partial charge in [-0.3, -0.25) is 10.1 Å². The number of non-ortho nitro benzene ring substituents is 1. The molecule has 2 aromatic rings. The number of nitro groups is 1. The normalized spacial score (nSPS) is 11.6. The molecule has 0 amide bonds. The van der Waals surface area contributed by atoms with E-state index in [0.717, 1.165) is 16.8 Å². The van der Waals surface area contributed by atoms with E-state index in [2.05, 4.69) is 5.32 Å². The van der Waals surface area contributed by atoms with Crippen LogP contribution in [0.2, 0.25) is 0 Å². The van der Waals surface area contributed by atoms with Crippen LogP contribution in [0.1, 0.15) is 24.1 Å². The molecule has 0 bridgehead atoms. The number of nitrogens with zero attached hydrogens (tertiary/aromatic N) is 2. The molecular weight excluding hydrogens is 310 g/mol. The second-order valence-electron chi connectivity index (χ2n) is 5.44. The summed E-state index contributed by atoms with van der Waals surface area (Å²) in [5.41, 5.74) is 3.00. The summed E-state index contributed by atoms with van der Waals surface area (Å²) in [6.45, 7) is 3.98. The standard InChI is InChI=1S/C17H19N3O2S/c1-12-6-4-8-15(10-12)18-17(23)19(3)13(2)14-7-5-9-16(11-14)20(21)22/h4-11,13H,1-3H3,(H,18,23)/t13-/m1/s1. The molecule has 0 aliphatic heterocycles. The summed E-state index contributed by atoms with van der Waals surface area (Å²) >= 11 is 5.44. The molecular formula is C17H19N3O2S. The van der Waals surface area contributed by atoms with Crippen molar-refractivity contribution in [3.05, 3.63) is 69.8 Å². The third-order valence-corrected chi connectivity index (χ3v) is 4.12. The molecule has 0 aliphatic carbocycles. The number of nitrogens with one attached hydrogen (secondary N) is 1. The highest BCUT2D eigenvalue weighted by molar-refractivity contribution is 7.80. The van der Waals surface area contributed by atoms with Gasteiger partial charge in [-0.1, -0.05) is 24.3 Å². The van der Waals surface area contributed by atoms with Gasteiger partial charge in [0.2, 0.25) is 0 Å². The van der Waals surface area contributed by atoms with Crippen LogP contribution >= 0.6 is 12.2 Å². The average molecular weight is 329 g/mol. The maximum Gasteiger partial charge on any atom is 0.269 e. The molecule has 23 heavy (non-hydrogen) atoms. The van der Waals surface area contributed by atoms with Crippen LogP contribution in [0.15, 0.2) is 48.5 Å². The number of thiocarbonyl (C=S) groups is 1. The molecule has 0 unspecified atom stereocenters. The third kappa shape index (κ3) is 4.26. The van der Waals surface area contributed by atoms with Crippen molar-refractivity contribution in [3.8, 4) is 0 Å². The van der Waals surface area contributed by atoms with Crippen LogP contribution in [0, 0.1) is 17.0 Å². The summed E-state index contributed by atoms with van der Waals surface area (Å²) < 4.78 is 0. The van der Waals surface area contributed by atoms with Crippen molar-refractivity contribution in [2.75, 3.05) is 12.4 Å². The zero-order valence-corrected chi connectivity index (χ0v) is 14.1. The van der Waals surface area contributed by atoms with Gasteiger partial charge in [0.05, 0.1) is 11.0 Å². The predicted octanol–water partition coefficient (Wildman–Crippen LogP) is 4.29. The number of nitro benzene ring substituents is 1. The summed E-state index contributed by atoms with van der Waals surface area (Å²) in [5, 5.41) is 14.7. The number of benzene rings is 2. The van der Waals surface area contributed by atoms with Crippen LogP contribution in [0.4, 0.5) is 11.4 Å². The van der Waals surface area contributed by atoms with Crippen molar-refractivity contribution in [1.29, 1.82) is 0 Å². The number of rotatable bonds is 4. The van der Waals surface area contributed by atoms with Crippen LogP contribution in [-0.4, -0.2) is 22.0 Å². The van der Waals surface area contributed by atoms with Gasteiger partial charge in [0.25, 0.3) is 5.69 Å². The Bertz CT molecular complexity index is 733. The number of hydrogen-bond acceptors (Lipinski definition) is 3. The Balaban J connectivity index is 2.12. The van der Waals surface area contributed by atoms with Gasteiger partial charge < -0.3 is 10.2 Å². The highest BCUT2D eigenvalue weighted by atomic mass is 32.1. The Kier molecular flexibility index (Phi) is 5.28. The predicted molar refractivity (Wildman–Crippen MR) is 96.7 cm³/mol. The Morgan fingerprint density at radius 1 is 1.26 bits per heavy atom. The van der Waals surface area contributed by atoms with E-state index >= 15 is 0 Å². The SMILES string of the molecule is Cc1cccc(NC(=S)N(C)[C@H](C)c2cccc([N+](=O)[O-])c2)c1. The molecule has 0 spiro atoms. The largest absolute Gasteiger partial charge is 0.345 e. The average Bonchev–Trinajstić information content (AvgIpc) is 2.53. The first-order valence-corrected chi connectivity index (χ1v) is 7.64. The summed E-state index contributed by atoms with van der Waals surface area (Å²) in [4.78, 5) is 12.4. The second-order valence-corrected chi connectivity index (χ2v) is 5.83. The summed E-state index contributed by atoms with van der Waals surface area (Å²) in [6, 6.07) is 14.5. The van der Waals surface area contributed by atoms with Crippen molar-refractivity contribution in [1.82, 2.24) is 4.90 Å². The molecule has 6 heteroatoms. The molecule has 5 nitrogen and oxygen atoms in total. The van der Waals surface area contributed by atoms with E-state index in [1.54, 1.807) is 12.1 Å². The quantitative estimate of drug-likeness (QED) is 0.515. The van der Waals surface area contributed by atoms with E-state index in [0.29, 0.717) is 5.11 Å². The van der Waals surface area contributed by atoms with Crippen LogP contribution in [0.3, 0.4) is 0 Å². The van der Waals surface area contributed by atoms with Gasteiger partial charge in [-0.15, -0.1) is 0 Å². The van der Waals surface area contributed by atoms with E-state index in [1.165, 1.54) is 6.07 Å². The molecule has 0 fully saturated rings. The Labute approximate surface area is 141 Å². The lowest BCUT2D eigenvalue weighted by molar-refractivity contribution is -0.384. The van der Waals surface area contributed by atoms with Gasteiger partial charge in [-0.25, -0.2) is 0 Å². The first kappa shape index (κ1) is 16.9. The van der Waals surface area contributed by atoms with Gasteiger partial charge >= 0.3 is 0 Å². The fourth-order valence-corrected chi connectivity index (χ4v) is 2.51. The number of anilines is 1. The molecule has 120 valence electrons. The Hall–Kier alpha value is -2.47. The van der Waals surface area contributed by atoms with E-state index in [4.69, 9.17) is 12.2 Å². The third-order valence-electron chi connectivity index (χ3n) is 3.73. The lowest BCUT2D eigenvalue weighted by Gasteiger charge is -2.28. The highest BCUT2D eigenvalue weighted by Crippen LogP contribution is 2.23. The summed E-state index contributed by atoms with van der Waals surface area (Å²) in [6.07, 6.45) is 0. The van der Waals surface area contributed by atoms with Crippen molar-refractivity contribution < 1.29 is 4.92 Å². The lowest BCUT2D eigenvalue weighted by Crippen LogP contribution is -2.33. The van der Waals surface area contributed by atoms with Crippen LogP contribution in [0.5, 0.6) is 0 Å². The van der Waals surface area contributed by atoms with Crippen LogP contribution in [0.25, 0.3) is 0 Å². The maximum atomic E-state index is 10.9. The molecule has 1 atom stereocenters. The van der Waals surface area contributed by atoms with Crippen LogP contribution < -0.4 is 5.32 Å². The molecule has 2 rings (SSSR count). The summed E-state index contributed by atoms with van der Waals surface area (Å²) in [7, 11) is 1.87. The molecule has 0 saturated heterocycles. The number of aryl methyl sites for hydroxylation is 1. The Morgan fingerprint density at radius 3 is 2.61 bits per heavy atom. The highest BCUT2D eigenvalue weighted by Gasteiger charge is 2.17. The van der Waals surface area contributed by atoms with E-state index in [9.17, 15) is 10.1 Å². The zero-order valence-electron chi connectivity index (χ0n) is 13.3. The van der Waals surface area contributed by atoms with Crippen molar-refractivity contribution >= 4 is 28.7 Å². The second kappa shape index (κ2) is 7.19. The molecule has 0 aliphatic rings. The topological polar surface area (TPSA) is 58.4 Å².